The van der Waals surface area contributed by atoms with E-state index < -0.39 is 0 Å². The summed E-state index contributed by atoms with van der Waals surface area (Å²) >= 11 is 0. The molecular formula is C15H23NO. The summed E-state index contributed by atoms with van der Waals surface area (Å²) < 4.78 is 5.19. The van der Waals surface area contributed by atoms with Gasteiger partial charge in [-0.1, -0.05) is 18.2 Å². The van der Waals surface area contributed by atoms with Gasteiger partial charge >= 0.3 is 0 Å². The molecule has 0 aliphatic carbocycles. The van der Waals surface area contributed by atoms with Crippen LogP contribution in [0, 0.1) is 13.8 Å². The molecule has 1 unspecified atom stereocenters. The van der Waals surface area contributed by atoms with E-state index >= 15 is 0 Å². The smallest absolute Gasteiger partial charge is 0.0589 e. The summed E-state index contributed by atoms with van der Waals surface area (Å²) in [7, 11) is 1.78. The number of rotatable bonds is 4. The van der Waals surface area contributed by atoms with Crippen molar-refractivity contribution < 1.29 is 4.74 Å². The second-order valence-corrected chi connectivity index (χ2v) is 5.03. The van der Waals surface area contributed by atoms with Crippen molar-refractivity contribution in [2.75, 3.05) is 26.8 Å². The molecule has 94 valence electrons. The Morgan fingerprint density at radius 1 is 1.29 bits per heavy atom. The summed E-state index contributed by atoms with van der Waals surface area (Å²) in [6.45, 7) is 7.47. The fourth-order valence-electron chi connectivity index (χ4n) is 2.65. The van der Waals surface area contributed by atoms with Crippen LogP contribution in [0.4, 0.5) is 0 Å². The van der Waals surface area contributed by atoms with Gasteiger partial charge in [-0.25, -0.2) is 0 Å². The van der Waals surface area contributed by atoms with Crippen LogP contribution in [0.15, 0.2) is 18.2 Å². The van der Waals surface area contributed by atoms with E-state index in [1.807, 2.05) is 0 Å². The third kappa shape index (κ3) is 2.88. The number of hydrogen-bond donors (Lipinski definition) is 0. The first-order valence-corrected chi connectivity index (χ1v) is 6.52. The van der Waals surface area contributed by atoms with Crippen LogP contribution in [0.5, 0.6) is 0 Å². The molecule has 0 spiro atoms. The van der Waals surface area contributed by atoms with Gasteiger partial charge in [0.15, 0.2) is 0 Å². The Bertz CT molecular complexity index is 375. The highest BCUT2D eigenvalue weighted by Crippen LogP contribution is 2.32. The highest BCUT2D eigenvalue weighted by molar-refractivity contribution is 5.32. The molecule has 0 N–H and O–H groups in total. The van der Waals surface area contributed by atoms with E-state index in [2.05, 4.69) is 36.9 Å². The lowest BCUT2D eigenvalue weighted by molar-refractivity contribution is 0.141. The first-order chi connectivity index (χ1) is 8.22. The molecule has 1 aromatic carbocycles. The van der Waals surface area contributed by atoms with E-state index in [9.17, 15) is 0 Å². The molecule has 0 aromatic heterocycles. The highest BCUT2D eigenvalue weighted by Gasteiger charge is 2.25. The van der Waals surface area contributed by atoms with Crippen LogP contribution in [0.2, 0.25) is 0 Å². The van der Waals surface area contributed by atoms with Gasteiger partial charge in [-0.05, 0) is 49.9 Å². The molecule has 17 heavy (non-hydrogen) atoms. The van der Waals surface area contributed by atoms with Crippen LogP contribution in [0.1, 0.15) is 35.6 Å². The molecule has 0 saturated carbocycles. The Hall–Kier alpha value is -0.860. The SMILES string of the molecule is COCCN1CCCC1c1ccc(C)c(C)c1. The lowest BCUT2D eigenvalue weighted by Gasteiger charge is -2.25. The molecule has 1 saturated heterocycles. The van der Waals surface area contributed by atoms with Crippen molar-refractivity contribution in [1.29, 1.82) is 0 Å². The average Bonchev–Trinajstić information content (AvgIpc) is 2.78. The molecule has 1 heterocycles. The van der Waals surface area contributed by atoms with Crippen LogP contribution in [-0.2, 0) is 4.74 Å². The van der Waals surface area contributed by atoms with Crippen LogP contribution in [0.25, 0.3) is 0 Å². The van der Waals surface area contributed by atoms with Crippen molar-refractivity contribution >= 4 is 0 Å². The predicted molar refractivity (Wildman–Crippen MR) is 71.3 cm³/mol. The summed E-state index contributed by atoms with van der Waals surface area (Å²) in [5, 5.41) is 0. The van der Waals surface area contributed by atoms with E-state index in [0.29, 0.717) is 6.04 Å². The largest absolute Gasteiger partial charge is 0.383 e. The second kappa shape index (κ2) is 5.65. The lowest BCUT2D eigenvalue weighted by atomic mass is 9.99. The van der Waals surface area contributed by atoms with Gasteiger partial charge in [0.1, 0.15) is 0 Å². The van der Waals surface area contributed by atoms with Crippen molar-refractivity contribution in [1.82, 2.24) is 4.90 Å². The number of methoxy groups -OCH3 is 1. The monoisotopic (exact) mass is 233 g/mol. The van der Waals surface area contributed by atoms with Gasteiger partial charge in [-0.15, -0.1) is 0 Å². The number of likely N-dealkylation sites (tertiary alicyclic amines) is 1. The van der Waals surface area contributed by atoms with Gasteiger partial charge in [0.2, 0.25) is 0 Å². The Labute approximate surface area is 105 Å². The first-order valence-electron chi connectivity index (χ1n) is 6.52. The van der Waals surface area contributed by atoms with Gasteiger partial charge in [0.25, 0.3) is 0 Å². The van der Waals surface area contributed by atoms with Crippen LogP contribution < -0.4 is 0 Å². The third-order valence-corrected chi connectivity index (χ3v) is 3.86. The number of ether oxygens (including phenoxy) is 1. The minimum Gasteiger partial charge on any atom is -0.383 e. The van der Waals surface area contributed by atoms with Crippen molar-refractivity contribution in [2.45, 2.75) is 32.7 Å². The predicted octanol–water partition coefficient (Wildman–Crippen LogP) is 3.09. The van der Waals surface area contributed by atoms with E-state index in [-0.39, 0.29) is 0 Å². The van der Waals surface area contributed by atoms with E-state index in [0.717, 1.165) is 13.2 Å². The Kier molecular flexibility index (Phi) is 4.19. The topological polar surface area (TPSA) is 12.5 Å². The summed E-state index contributed by atoms with van der Waals surface area (Å²) in [6.07, 6.45) is 2.59. The molecule has 1 aromatic rings. The Morgan fingerprint density at radius 3 is 2.82 bits per heavy atom. The number of aryl methyl sites for hydroxylation is 2. The number of nitrogens with zero attached hydrogens (tertiary/aromatic N) is 1. The Morgan fingerprint density at radius 2 is 2.12 bits per heavy atom. The fourth-order valence-corrected chi connectivity index (χ4v) is 2.65. The van der Waals surface area contributed by atoms with Gasteiger partial charge in [0, 0.05) is 19.7 Å². The van der Waals surface area contributed by atoms with Gasteiger partial charge < -0.3 is 4.74 Å². The number of hydrogen-bond acceptors (Lipinski definition) is 2. The molecule has 1 atom stereocenters. The molecule has 2 heteroatoms. The maximum atomic E-state index is 5.19. The summed E-state index contributed by atoms with van der Waals surface area (Å²) in [5.74, 6) is 0. The summed E-state index contributed by atoms with van der Waals surface area (Å²) in [4.78, 5) is 2.55. The maximum Gasteiger partial charge on any atom is 0.0589 e. The zero-order valence-corrected chi connectivity index (χ0v) is 11.2. The normalized spacial score (nSPS) is 21.0. The zero-order valence-electron chi connectivity index (χ0n) is 11.2. The van der Waals surface area contributed by atoms with Crippen LogP contribution >= 0.6 is 0 Å². The Balaban J connectivity index is 2.11. The third-order valence-electron chi connectivity index (χ3n) is 3.86. The lowest BCUT2D eigenvalue weighted by Crippen LogP contribution is -2.27. The summed E-state index contributed by atoms with van der Waals surface area (Å²) in [6, 6.07) is 7.49. The van der Waals surface area contributed by atoms with Gasteiger partial charge in [0.05, 0.1) is 6.61 Å². The molecule has 2 rings (SSSR count). The van der Waals surface area contributed by atoms with Crippen molar-refractivity contribution in [3.63, 3.8) is 0 Å². The molecule has 1 fully saturated rings. The molecule has 1 aliphatic heterocycles. The highest BCUT2D eigenvalue weighted by atomic mass is 16.5. The van der Waals surface area contributed by atoms with Crippen LogP contribution in [-0.4, -0.2) is 31.7 Å². The van der Waals surface area contributed by atoms with Crippen molar-refractivity contribution in [3.05, 3.63) is 34.9 Å². The minimum atomic E-state index is 0.601. The molecule has 2 nitrogen and oxygen atoms in total. The van der Waals surface area contributed by atoms with Crippen LogP contribution in [0.3, 0.4) is 0 Å². The van der Waals surface area contributed by atoms with E-state index in [1.54, 1.807) is 7.11 Å². The molecule has 0 amide bonds. The van der Waals surface area contributed by atoms with E-state index in [4.69, 9.17) is 4.74 Å². The molecule has 0 bridgehead atoms. The molecular weight excluding hydrogens is 210 g/mol. The maximum absolute atomic E-state index is 5.19. The van der Waals surface area contributed by atoms with E-state index in [1.165, 1.54) is 36.1 Å². The van der Waals surface area contributed by atoms with Gasteiger partial charge in [-0.2, -0.15) is 0 Å². The number of benzene rings is 1. The zero-order chi connectivity index (χ0) is 12.3. The minimum absolute atomic E-state index is 0.601. The molecule has 1 aliphatic rings. The average molecular weight is 233 g/mol. The second-order valence-electron chi connectivity index (χ2n) is 5.03. The van der Waals surface area contributed by atoms with Crippen molar-refractivity contribution in [3.8, 4) is 0 Å². The molecule has 0 radical (unpaired) electrons. The fraction of sp³-hybridized carbons (Fsp3) is 0.600. The van der Waals surface area contributed by atoms with Gasteiger partial charge in [-0.3, -0.25) is 4.90 Å². The quantitative estimate of drug-likeness (QED) is 0.792. The summed E-state index contributed by atoms with van der Waals surface area (Å²) in [5.41, 5.74) is 4.26. The standard InChI is InChI=1S/C15H23NO/c1-12-6-7-14(11-13(12)2)15-5-4-8-16(15)9-10-17-3/h6-7,11,15H,4-5,8-10H2,1-3H3. The first kappa shape index (κ1) is 12.6. The van der Waals surface area contributed by atoms with Crippen molar-refractivity contribution in [2.24, 2.45) is 0 Å².